The van der Waals surface area contributed by atoms with Gasteiger partial charge in [0.15, 0.2) is 0 Å². The molecule has 348 valence electrons. The molecule has 0 amide bonds. The highest BCUT2D eigenvalue weighted by molar-refractivity contribution is 7.26. The molecule has 0 unspecified atom stereocenters. The van der Waals surface area contributed by atoms with E-state index in [1.54, 1.807) is 0 Å². The third-order valence-electron chi connectivity index (χ3n) is 13.7. The Morgan fingerprint density at radius 2 is 1.09 bits per heavy atom. The van der Waals surface area contributed by atoms with Gasteiger partial charge in [0.1, 0.15) is 0 Å². The zero-order chi connectivity index (χ0) is 48.6. The van der Waals surface area contributed by atoms with E-state index in [9.17, 15) is 0 Å². The van der Waals surface area contributed by atoms with E-state index in [2.05, 4.69) is 242 Å². The van der Waals surface area contributed by atoms with Crippen LogP contribution in [0.4, 0.5) is 11.4 Å². The molecule has 8 aromatic carbocycles. The Morgan fingerprint density at radius 3 is 1.81 bits per heavy atom. The van der Waals surface area contributed by atoms with Gasteiger partial charge in [-0.15, -0.1) is 11.3 Å². The van der Waals surface area contributed by atoms with E-state index in [1.807, 2.05) is 25.2 Å². The van der Waals surface area contributed by atoms with Gasteiger partial charge in [-0.1, -0.05) is 200 Å². The average molecular weight is 920 g/mol. The number of unbranched alkanes of at least 4 members (excludes halogenated alkanes) is 1. The lowest BCUT2D eigenvalue weighted by Crippen LogP contribution is -2.20. The maximum Gasteiger partial charge on any atom is 0.0551 e. The zero-order valence-electron chi connectivity index (χ0n) is 42.6. The van der Waals surface area contributed by atoms with Gasteiger partial charge < -0.3 is 4.90 Å². The van der Waals surface area contributed by atoms with E-state index >= 15 is 0 Å². The third-order valence-corrected chi connectivity index (χ3v) is 14.9. The Hall–Kier alpha value is -6.74. The summed E-state index contributed by atoms with van der Waals surface area (Å²) in [4.78, 5) is 2.56. The Morgan fingerprint density at radius 1 is 0.493 bits per heavy atom. The fourth-order valence-electron chi connectivity index (χ4n) is 10.1. The molecule has 0 atom stereocenters. The fourth-order valence-corrected chi connectivity index (χ4v) is 11.2. The van der Waals surface area contributed by atoms with Crippen molar-refractivity contribution >= 4 is 48.5 Å². The van der Waals surface area contributed by atoms with E-state index in [1.165, 1.54) is 134 Å². The molecule has 0 N–H and O–H groups in total. The van der Waals surface area contributed by atoms with Gasteiger partial charge in [0.05, 0.1) is 5.69 Å². The first-order chi connectivity index (χ1) is 33.7. The Kier molecular flexibility index (Phi) is 15.6. The average Bonchev–Trinajstić information content (AvgIpc) is 3.78. The van der Waals surface area contributed by atoms with Gasteiger partial charge in [-0.2, -0.15) is 0 Å². The Balaban J connectivity index is 0.00000102. The highest BCUT2D eigenvalue weighted by Gasteiger charge is 2.26. The summed E-state index contributed by atoms with van der Waals surface area (Å²) < 4.78 is 2.64. The number of anilines is 2. The van der Waals surface area contributed by atoms with E-state index in [0.29, 0.717) is 5.92 Å². The molecule has 0 fully saturated rings. The SMILES string of the molecule is CC.CCCC.Cc1cc(-c2cccc(C)c2-c2cccc(-c3ccccc3C)c2C)ccc1C1=C(C(C)C)C=C(N(c2ccc(-c3ccccc3)cc2)c2cccc3sc4ccccc4c23)CC1. The minimum Gasteiger partial charge on any atom is -0.314 e. The first kappa shape index (κ1) is 48.7. The summed E-state index contributed by atoms with van der Waals surface area (Å²) in [6.45, 7) is 22.1. The van der Waals surface area contributed by atoms with Crippen LogP contribution in [-0.4, -0.2) is 0 Å². The number of hydrogen-bond acceptors (Lipinski definition) is 2. The van der Waals surface area contributed by atoms with Crippen molar-refractivity contribution in [2.75, 3.05) is 4.90 Å². The normalized spacial score (nSPS) is 12.4. The van der Waals surface area contributed by atoms with Crippen molar-refractivity contribution in [1.29, 1.82) is 0 Å². The lowest BCUT2D eigenvalue weighted by Gasteiger charge is -2.33. The molecular formula is C67H69NS. The molecule has 10 rings (SSSR count). The van der Waals surface area contributed by atoms with Gasteiger partial charge >= 0.3 is 0 Å². The molecule has 1 aromatic heterocycles. The number of fused-ring (bicyclic) bond motifs is 3. The lowest BCUT2D eigenvalue weighted by atomic mass is 9.81. The number of benzene rings is 8. The molecular weight excluding hydrogens is 851 g/mol. The maximum atomic E-state index is 2.56. The molecule has 9 aromatic rings. The Bertz CT molecular complexity index is 3270. The molecule has 1 aliphatic rings. The number of allylic oxidation sites excluding steroid dienone is 4. The van der Waals surface area contributed by atoms with Crippen molar-refractivity contribution < 1.29 is 0 Å². The second-order valence-electron chi connectivity index (χ2n) is 18.5. The minimum atomic E-state index is 0.348. The van der Waals surface area contributed by atoms with Crippen molar-refractivity contribution in [2.45, 2.75) is 94.9 Å². The second-order valence-corrected chi connectivity index (χ2v) is 19.6. The standard InChI is InChI=1S/C61H53NS.C4H10.C2H6/c1-39(2)56-38-48(62(47-32-29-45(30-33-47)44-19-8-7-9-20-44)57-26-16-28-59-61(57)55-22-12-13-27-58(55)63-59)34-36-54(56)50-35-31-46(37-42(50)5)53-25-14-18-41(4)60(53)52-24-15-23-51(43(52)6)49-21-11-10-17-40(49)3;1-3-4-2;1-2/h7-33,35,37-39H,34,36H2,1-6H3;3-4H2,1-2H3;1-2H3. The summed E-state index contributed by atoms with van der Waals surface area (Å²) in [6, 6.07) is 65.1. The number of thiophene rings is 1. The molecule has 1 aliphatic carbocycles. The van der Waals surface area contributed by atoms with Crippen molar-refractivity contribution in [3.05, 3.63) is 221 Å². The van der Waals surface area contributed by atoms with Crippen molar-refractivity contribution in [2.24, 2.45) is 5.92 Å². The van der Waals surface area contributed by atoms with Crippen LogP contribution in [0.15, 0.2) is 193 Å². The van der Waals surface area contributed by atoms with E-state index in [4.69, 9.17) is 0 Å². The molecule has 1 heterocycles. The highest BCUT2D eigenvalue weighted by atomic mass is 32.1. The van der Waals surface area contributed by atoms with Crippen molar-refractivity contribution in [3.8, 4) is 44.5 Å². The van der Waals surface area contributed by atoms with Gasteiger partial charge in [0, 0.05) is 31.6 Å². The molecule has 2 heteroatoms. The number of hydrogen-bond donors (Lipinski definition) is 0. The van der Waals surface area contributed by atoms with Gasteiger partial charge in [0.2, 0.25) is 0 Å². The summed E-state index contributed by atoms with van der Waals surface area (Å²) in [5.74, 6) is 0.348. The molecule has 0 bridgehead atoms. The van der Waals surface area contributed by atoms with Crippen LogP contribution in [0.1, 0.15) is 95.0 Å². The number of rotatable bonds is 10. The van der Waals surface area contributed by atoms with Gasteiger partial charge in [0.25, 0.3) is 0 Å². The summed E-state index contributed by atoms with van der Waals surface area (Å²) in [5.41, 5.74) is 23.4. The van der Waals surface area contributed by atoms with E-state index in [-0.39, 0.29) is 0 Å². The van der Waals surface area contributed by atoms with Crippen molar-refractivity contribution in [1.82, 2.24) is 0 Å². The largest absolute Gasteiger partial charge is 0.314 e. The molecule has 0 saturated heterocycles. The van der Waals surface area contributed by atoms with E-state index in [0.717, 1.165) is 12.8 Å². The lowest BCUT2D eigenvalue weighted by molar-refractivity contribution is 0.768. The smallest absolute Gasteiger partial charge is 0.0551 e. The van der Waals surface area contributed by atoms with Crippen LogP contribution in [-0.2, 0) is 0 Å². The van der Waals surface area contributed by atoms with Gasteiger partial charge in [-0.3, -0.25) is 0 Å². The summed E-state index contributed by atoms with van der Waals surface area (Å²) in [7, 11) is 0. The third kappa shape index (κ3) is 10.1. The number of nitrogens with zero attached hydrogens (tertiary/aromatic N) is 1. The van der Waals surface area contributed by atoms with Crippen LogP contribution < -0.4 is 4.90 Å². The van der Waals surface area contributed by atoms with Crippen LogP contribution in [0, 0.1) is 33.6 Å². The van der Waals surface area contributed by atoms with Crippen LogP contribution in [0.5, 0.6) is 0 Å². The predicted molar refractivity (Wildman–Crippen MR) is 306 cm³/mol. The van der Waals surface area contributed by atoms with E-state index < -0.39 is 0 Å². The summed E-state index contributed by atoms with van der Waals surface area (Å²) in [6.07, 6.45) is 7.07. The topological polar surface area (TPSA) is 3.24 Å². The van der Waals surface area contributed by atoms with Crippen LogP contribution >= 0.6 is 11.3 Å². The number of aryl methyl sites for hydroxylation is 3. The zero-order valence-corrected chi connectivity index (χ0v) is 43.4. The molecule has 69 heavy (non-hydrogen) atoms. The fraction of sp³-hybridized carbons (Fsp3) is 0.224. The first-order valence-corrected chi connectivity index (χ1v) is 26.1. The molecule has 0 spiro atoms. The molecule has 1 nitrogen and oxygen atoms in total. The summed E-state index contributed by atoms with van der Waals surface area (Å²) >= 11 is 1.88. The quantitative estimate of drug-likeness (QED) is 0.132. The monoisotopic (exact) mass is 920 g/mol. The van der Waals surface area contributed by atoms with Crippen LogP contribution in [0.3, 0.4) is 0 Å². The minimum absolute atomic E-state index is 0.348. The maximum absolute atomic E-state index is 2.56. The van der Waals surface area contributed by atoms with Gasteiger partial charge in [-0.25, -0.2) is 0 Å². The second kappa shape index (κ2) is 22.1. The summed E-state index contributed by atoms with van der Waals surface area (Å²) in [5, 5.41) is 2.64. The molecule has 0 aliphatic heterocycles. The van der Waals surface area contributed by atoms with Crippen LogP contribution in [0.25, 0.3) is 70.3 Å². The first-order valence-electron chi connectivity index (χ1n) is 25.3. The molecule has 0 saturated carbocycles. The van der Waals surface area contributed by atoms with Crippen molar-refractivity contribution in [3.63, 3.8) is 0 Å². The highest BCUT2D eigenvalue weighted by Crippen LogP contribution is 2.47. The van der Waals surface area contributed by atoms with Gasteiger partial charge in [-0.05, 0) is 166 Å². The predicted octanol–water partition coefficient (Wildman–Crippen LogP) is 20.7. The molecule has 0 radical (unpaired) electrons. The Labute approximate surface area is 417 Å². The van der Waals surface area contributed by atoms with Crippen LogP contribution in [0.2, 0.25) is 0 Å².